The summed E-state index contributed by atoms with van der Waals surface area (Å²) in [7, 11) is 1.74. The first-order valence-corrected chi connectivity index (χ1v) is 8.09. The lowest BCUT2D eigenvalue weighted by atomic mass is 9.87. The number of hydrogen-bond donors (Lipinski definition) is 1. The number of methoxy groups -OCH3 is 1. The molecule has 0 aliphatic heterocycles. The minimum Gasteiger partial charge on any atom is -0.497 e. The molecule has 1 N–H and O–H groups in total. The quantitative estimate of drug-likeness (QED) is 0.908. The van der Waals surface area contributed by atoms with E-state index < -0.39 is 0 Å². The van der Waals surface area contributed by atoms with Crippen LogP contribution in [0, 0.1) is 6.92 Å². The van der Waals surface area contributed by atoms with Crippen molar-refractivity contribution in [2.75, 3.05) is 7.11 Å². The van der Waals surface area contributed by atoms with Gasteiger partial charge in [0, 0.05) is 17.5 Å². The van der Waals surface area contributed by atoms with E-state index in [4.69, 9.17) is 4.74 Å². The highest BCUT2D eigenvalue weighted by molar-refractivity contribution is 7.10. The Balaban J connectivity index is 1.75. The van der Waals surface area contributed by atoms with Crippen molar-refractivity contribution in [1.82, 2.24) is 5.32 Å². The van der Waals surface area contributed by atoms with Gasteiger partial charge in [-0.15, -0.1) is 11.3 Å². The lowest BCUT2D eigenvalue weighted by Crippen LogP contribution is -2.24. The van der Waals surface area contributed by atoms with Crippen LogP contribution in [0.15, 0.2) is 29.6 Å². The Morgan fingerprint density at radius 1 is 1.35 bits per heavy atom. The normalized spacial score (nSPS) is 17.8. The molecule has 1 unspecified atom stereocenters. The first kappa shape index (κ1) is 13.7. The molecule has 106 valence electrons. The Morgan fingerprint density at radius 2 is 2.25 bits per heavy atom. The Bertz CT molecular complexity index is 590. The molecule has 1 aliphatic carbocycles. The fourth-order valence-corrected chi connectivity index (χ4v) is 3.79. The summed E-state index contributed by atoms with van der Waals surface area (Å²) in [6.07, 6.45) is 3.65. The summed E-state index contributed by atoms with van der Waals surface area (Å²) in [4.78, 5) is 1.45. The first-order valence-electron chi connectivity index (χ1n) is 7.21. The minimum atomic E-state index is 0.478. The van der Waals surface area contributed by atoms with E-state index in [0.29, 0.717) is 6.04 Å². The molecule has 2 nitrogen and oxygen atoms in total. The molecule has 3 rings (SSSR count). The van der Waals surface area contributed by atoms with Gasteiger partial charge in [0.15, 0.2) is 0 Å². The summed E-state index contributed by atoms with van der Waals surface area (Å²) in [5, 5.41) is 5.90. The van der Waals surface area contributed by atoms with Crippen LogP contribution >= 0.6 is 11.3 Å². The summed E-state index contributed by atoms with van der Waals surface area (Å²) < 4.78 is 5.33. The average Bonchev–Trinajstić information content (AvgIpc) is 2.89. The molecule has 3 heteroatoms. The predicted octanol–water partition coefficient (Wildman–Crippen LogP) is 4.23. The smallest absolute Gasteiger partial charge is 0.119 e. The van der Waals surface area contributed by atoms with Crippen molar-refractivity contribution in [2.24, 2.45) is 0 Å². The van der Waals surface area contributed by atoms with Crippen molar-refractivity contribution >= 4 is 11.3 Å². The molecule has 0 radical (unpaired) electrons. The van der Waals surface area contributed by atoms with E-state index in [9.17, 15) is 0 Å². The molecule has 0 amide bonds. The van der Waals surface area contributed by atoms with Gasteiger partial charge in [-0.05, 0) is 66.5 Å². The lowest BCUT2D eigenvalue weighted by molar-refractivity contribution is 0.410. The van der Waals surface area contributed by atoms with Crippen LogP contribution in [0.3, 0.4) is 0 Å². The fraction of sp³-hybridized carbons (Fsp3) is 0.412. The maximum atomic E-state index is 5.33. The number of ether oxygens (including phenoxy) is 1. The van der Waals surface area contributed by atoms with Gasteiger partial charge in [-0.25, -0.2) is 0 Å². The van der Waals surface area contributed by atoms with Crippen molar-refractivity contribution in [3.05, 3.63) is 51.2 Å². The van der Waals surface area contributed by atoms with Crippen molar-refractivity contribution in [3.63, 3.8) is 0 Å². The van der Waals surface area contributed by atoms with Gasteiger partial charge in [-0.2, -0.15) is 0 Å². The third kappa shape index (κ3) is 2.74. The van der Waals surface area contributed by atoms with E-state index in [2.05, 4.69) is 41.9 Å². The number of fused-ring (bicyclic) bond motifs is 1. The molecule has 1 atom stereocenters. The van der Waals surface area contributed by atoms with E-state index in [1.54, 1.807) is 7.11 Å². The summed E-state index contributed by atoms with van der Waals surface area (Å²) in [5.41, 5.74) is 4.29. The average molecular weight is 287 g/mol. The van der Waals surface area contributed by atoms with Gasteiger partial charge < -0.3 is 10.1 Å². The van der Waals surface area contributed by atoms with Crippen molar-refractivity contribution < 1.29 is 4.74 Å². The molecule has 0 saturated carbocycles. The third-order valence-electron chi connectivity index (χ3n) is 4.14. The number of nitrogens with one attached hydrogen (secondary N) is 1. The van der Waals surface area contributed by atoms with Crippen LogP contribution in [0.25, 0.3) is 0 Å². The molecule has 2 aromatic rings. The number of rotatable bonds is 4. The topological polar surface area (TPSA) is 21.3 Å². The third-order valence-corrected chi connectivity index (χ3v) is 5.16. The number of aryl methyl sites for hydroxylation is 2. The molecular weight excluding hydrogens is 266 g/mol. The second-order valence-corrected chi connectivity index (χ2v) is 6.42. The Kier molecular flexibility index (Phi) is 4.08. The molecule has 0 fully saturated rings. The van der Waals surface area contributed by atoms with Gasteiger partial charge in [0.05, 0.1) is 7.11 Å². The molecular formula is C17H21NOS. The summed E-state index contributed by atoms with van der Waals surface area (Å²) in [6, 6.07) is 9.17. The maximum absolute atomic E-state index is 5.33. The Labute approximate surface area is 124 Å². The Morgan fingerprint density at radius 3 is 3.00 bits per heavy atom. The van der Waals surface area contributed by atoms with Crippen LogP contribution < -0.4 is 10.1 Å². The summed E-state index contributed by atoms with van der Waals surface area (Å²) >= 11 is 1.84. The van der Waals surface area contributed by atoms with Gasteiger partial charge in [-0.1, -0.05) is 6.07 Å². The van der Waals surface area contributed by atoms with Gasteiger partial charge in [-0.3, -0.25) is 0 Å². The van der Waals surface area contributed by atoms with Gasteiger partial charge in [0.1, 0.15) is 5.75 Å². The van der Waals surface area contributed by atoms with E-state index in [0.717, 1.165) is 12.3 Å². The zero-order valence-electron chi connectivity index (χ0n) is 12.1. The molecule has 0 bridgehead atoms. The van der Waals surface area contributed by atoms with Gasteiger partial charge in [0.25, 0.3) is 0 Å². The second kappa shape index (κ2) is 5.98. The number of thiophene rings is 1. The number of benzene rings is 1. The number of hydrogen-bond acceptors (Lipinski definition) is 3. The van der Waals surface area contributed by atoms with Gasteiger partial charge in [0.2, 0.25) is 0 Å². The van der Waals surface area contributed by atoms with Crippen molar-refractivity contribution in [2.45, 2.75) is 38.8 Å². The van der Waals surface area contributed by atoms with Crippen LogP contribution in [0.1, 0.15) is 40.5 Å². The van der Waals surface area contributed by atoms with Crippen LogP contribution in [-0.2, 0) is 13.0 Å². The second-order valence-electron chi connectivity index (χ2n) is 5.42. The zero-order valence-corrected chi connectivity index (χ0v) is 12.9. The SMILES string of the molecule is COc1ccc2c(c1)CCCC2NCc1sccc1C. The fourth-order valence-electron chi connectivity index (χ4n) is 2.93. The highest BCUT2D eigenvalue weighted by Gasteiger charge is 2.20. The molecule has 1 heterocycles. The van der Waals surface area contributed by atoms with E-state index >= 15 is 0 Å². The monoisotopic (exact) mass is 287 g/mol. The lowest BCUT2D eigenvalue weighted by Gasteiger charge is -2.27. The molecule has 1 aromatic heterocycles. The highest BCUT2D eigenvalue weighted by Crippen LogP contribution is 2.32. The van der Waals surface area contributed by atoms with Crippen LogP contribution in [0.4, 0.5) is 0 Å². The Hall–Kier alpha value is -1.32. The summed E-state index contributed by atoms with van der Waals surface area (Å²) in [5.74, 6) is 0.971. The standard InChI is InChI=1S/C17H21NOS/c1-12-8-9-20-17(12)11-18-16-5-3-4-13-10-14(19-2)6-7-15(13)16/h6-10,16,18H,3-5,11H2,1-2H3. The first-order chi connectivity index (χ1) is 9.78. The van der Waals surface area contributed by atoms with E-state index in [1.165, 1.54) is 40.8 Å². The zero-order chi connectivity index (χ0) is 13.9. The summed E-state index contributed by atoms with van der Waals surface area (Å²) in [6.45, 7) is 3.16. The van der Waals surface area contributed by atoms with E-state index in [1.807, 2.05) is 11.3 Å². The van der Waals surface area contributed by atoms with Crippen LogP contribution in [0.2, 0.25) is 0 Å². The molecule has 20 heavy (non-hydrogen) atoms. The van der Waals surface area contributed by atoms with Crippen LogP contribution in [-0.4, -0.2) is 7.11 Å². The van der Waals surface area contributed by atoms with Gasteiger partial charge >= 0.3 is 0 Å². The molecule has 1 aliphatic rings. The minimum absolute atomic E-state index is 0.478. The van der Waals surface area contributed by atoms with E-state index in [-0.39, 0.29) is 0 Å². The maximum Gasteiger partial charge on any atom is 0.119 e. The van der Waals surface area contributed by atoms with Crippen LogP contribution in [0.5, 0.6) is 5.75 Å². The largest absolute Gasteiger partial charge is 0.497 e. The molecule has 0 saturated heterocycles. The highest BCUT2D eigenvalue weighted by atomic mass is 32.1. The predicted molar refractivity (Wildman–Crippen MR) is 84.6 cm³/mol. The van der Waals surface area contributed by atoms with Crippen molar-refractivity contribution in [1.29, 1.82) is 0 Å². The van der Waals surface area contributed by atoms with Crippen molar-refractivity contribution in [3.8, 4) is 5.75 Å². The molecule has 0 spiro atoms. The molecule has 1 aromatic carbocycles.